The van der Waals surface area contributed by atoms with Gasteiger partial charge in [-0.25, -0.2) is 4.79 Å². The molecule has 3 atom stereocenters. The molecule has 22 heavy (non-hydrogen) atoms. The number of carbonyl (C=O) groups is 3. The normalized spacial score (nSPS) is 22.3. The van der Waals surface area contributed by atoms with Gasteiger partial charge in [0, 0.05) is 6.54 Å². The molecule has 0 bridgehead atoms. The average molecular weight is 313 g/mol. The predicted octanol–water partition coefficient (Wildman–Crippen LogP) is 0.201. The van der Waals surface area contributed by atoms with E-state index in [1.807, 2.05) is 13.8 Å². The Morgan fingerprint density at radius 2 is 1.86 bits per heavy atom. The minimum Gasteiger partial charge on any atom is -0.480 e. The van der Waals surface area contributed by atoms with E-state index in [2.05, 4.69) is 10.6 Å². The van der Waals surface area contributed by atoms with E-state index in [4.69, 9.17) is 0 Å². The van der Waals surface area contributed by atoms with Gasteiger partial charge in [0.05, 0.1) is 6.04 Å². The lowest BCUT2D eigenvalue weighted by molar-refractivity contribution is -0.152. The molecule has 3 N–H and O–H groups in total. The third-order valence-corrected chi connectivity index (χ3v) is 4.61. The minimum absolute atomic E-state index is 0.164. The van der Waals surface area contributed by atoms with Crippen molar-refractivity contribution in [1.82, 2.24) is 15.5 Å². The fourth-order valence-electron chi connectivity index (χ4n) is 2.50. The zero-order valence-electron chi connectivity index (χ0n) is 14.0. The van der Waals surface area contributed by atoms with Crippen molar-refractivity contribution in [3.8, 4) is 0 Å². The molecule has 1 rings (SSSR count). The van der Waals surface area contributed by atoms with E-state index in [1.54, 1.807) is 20.9 Å². The van der Waals surface area contributed by atoms with E-state index in [-0.39, 0.29) is 17.7 Å². The molecule has 1 heterocycles. The quantitative estimate of drug-likeness (QED) is 0.651. The van der Waals surface area contributed by atoms with Gasteiger partial charge in [0.25, 0.3) is 0 Å². The third-order valence-electron chi connectivity index (χ3n) is 4.61. The largest absolute Gasteiger partial charge is 0.480 e. The van der Waals surface area contributed by atoms with Crippen LogP contribution in [0.5, 0.6) is 0 Å². The maximum Gasteiger partial charge on any atom is 0.326 e. The van der Waals surface area contributed by atoms with Crippen molar-refractivity contribution in [3.05, 3.63) is 0 Å². The SMILES string of the molecule is CNC(C)C(=O)NC(C)(C(=O)N1CCCC1C(=O)O)C(C)C. The lowest BCUT2D eigenvalue weighted by Crippen LogP contribution is -2.64. The third kappa shape index (κ3) is 3.58. The fraction of sp³-hybridized carbons (Fsp3) is 0.800. The van der Waals surface area contributed by atoms with Crippen molar-refractivity contribution in [2.45, 2.75) is 58.2 Å². The van der Waals surface area contributed by atoms with E-state index < -0.39 is 23.6 Å². The molecule has 3 unspecified atom stereocenters. The molecule has 7 nitrogen and oxygen atoms in total. The van der Waals surface area contributed by atoms with Gasteiger partial charge in [-0.05, 0) is 39.7 Å². The number of nitrogens with zero attached hydrogens (tertiary/aromatic N) is 1. The second kappa shape index (κ2) is 7.09. The Morgan fingerprint density at radius 1 is 1.27 bits per heavy atom. The highest BCUT2D eigenvalue weighted by molar-refractivity contribution is 5.95. The summed E-state index contributed by atoms with van der Waals surface area (Å²) in [5.41, 5.74) is -1.12. The molecule has 1 fully saturated rings. The van der Waals surface area contributed by atoms with Gasteiger partial charge in [-0.1, -0.05) is 13.8 Å². The van der Waals surface area contributed by atoms with Crippen molar-refractivity contribution in [3.63, 3.8) is 0 Å². The Hall–Kier alpha value is -1.63. The molecular formula is C15H27N3O4. The van der Waals surface area contributed by atoms with E-state index in [0.717, 1.165) is 0 Å². The van der Waals surface area contributed by atoms with Crippen molar-refractivity contribution < 1.29 is 19.5 Å². The van der Waals surface area contributed by atoms with Crippen molar-refractivity contribution in [2.24, 2.45) is 5.92 Å². The van der Waals surface area contributed by atoms with E-state index in [9.17, 15) is 19.5 Å². The zero-order chi connectivity index (χ0) is 17.1. The summed E-state index contributed by atoms with van der Waals surface area (Å²) in [7, 11) is 1.67. The number of hydrogen-bond acceptors (Lipinski definition) is 4. The van der Waals surface area contributed by atoms with Crippen LogP contribution in [0.3, 0.4) is 0 Å². The monoisotopic (exact) mass is 313 g/mol. The van der Waals surface area contributed by atoms with Gasteiger partial charge >= 0.3 is 5.97 Å². The number of aliphatic carboxylic acids is 1. The Labute approximate surface area is 131 Å². The minimum atomic E-state index is -1.12. The van der Waals surface area contributed by atoms with Crippen LogP contribution in [0.15, 0.2) is 0 Å². The molecule has 0 aromatic carbocycles. The summed E-state index contributed by atoms with van der Waals surface area (Å²) >= 11 is 0. The predicted molar refractivity (Wildman–Crippen MR) is 82.3 cm³/mol. The number of carboxylic acids is 1. The molecule has 0 radical (unpaired) electrons. The number of hydrogen-bond donors (Lipinski definition) is 3. The van der Waals surface area contributed by atoms with Crippen LogP contribution in [0.2, 0.25) is 0 Å². The van der Waals surface area contributed by atoms with Gasteiger partial charge in [-0.2, -0.15) is 0 Å². The summed E-state index contributed by atoms with van der Waals surface area (Å²) in [6, 6.07) is -1.23. The standard InChI is InChI=1S/C15H27N3O4/c1-9(2)15(4,17-12(19)10(3)16-5)14(22)18-8-6-7-11(18)13(20)21/h9-11,16H,6-8H2,1-5H3,(H,17,19)(H,20,21). The molecule has 7 heteroatoms. The molecule has 1 aliphatic heterocycles. The highest BCUT2D eigenvalue weighted by Gasteiger charge is 2.46. The molecule has 126 valence electrons. The van der Waals surface area contributed by atoms with Crippen molar-refractivity contribution in [2.75, 3.05) is 13.6 Å². The lowest BCUT2D eigenvalue weighted by Gasteiger charge is -2.38. The molecule has 0 spiro atoms. The number of likely N-dealkylation sites (N-methyl/N-ethyl adjacent to an activating group) is 1. The maximum atomic E-state index is 12.9. The first-order valence-corrected chi connectivity index (χ1v) is 7.68. The maximum absolute atomic E-state index is 12.9. The number of amides is 2. The topological polar surface area (TPSA) is 98.7 Å². The van der Waals surface area contributed by atoms with Crippen LogP contribution < -0.4 is 10.6 Å². The molecule has 1 saturated heterocycles. The molecule has 0 saturated carbocycles. The Balaban J connectivity index is 3.00. The van der Waals surface area contributed by atoms with Crippen LogP contribution in [0, 0.1) is 5.92 Å². The summed E-state index contributed by atoms with van der Waals surface area (Å²) in [4.78, 5) is 37.7. The number of carboxylic acid groups (broad SMARTS) is 1. The van der Waals surface area contributed by atoms with Crippen molar-refractivity contribution in [1.29, 1.82) is 0 Å². The molecule has 0 aliphatic carbocycles. The van der Waals surface area contributed by atoms with Crippen LogP contribution in [0.1, 0.15) is 40.5 Å². The molecule has 1 aliphatic rings. The molecule has 0 aromatic rings. The summed E-state index contributed by atoms with van der Waals surface area (Å²) < 4.78 is 0. The molecule has 2 amide bonds. The van der Waals surface area contributed by atoms with Gasteiger partial charge in [-0.3, -0.25) is 9.59 Å². The number of nitrogens with one attached hydrogen (secondary N) is 2. The highest BCUT2D eigenvalue weighted by Crippen LogP contribution is 2.26. The second-order valence-electron chi connectivity index (χ2n) is 6.35. The highest BCUT2D eigenvalue weighted by atomic mass is 16.4. The average Bonchev–Trinajstić information content (AvgIpc) is 2.94. The first-order chi connectivity index (χ1) is 10.1. The summed E-state index contributed by atoms with van der Waals surface area (Å²) in [6.45, 7) is 7.46. The lowest BCUT2D eigenvalue weighted by atomic mass is 9.86. The van der Waals surface area contributed by atoms with Gasteiger partial charge in [0.15, 0.2) is 0 Å². The van der Waals surface area contributed by atoms with Gasteiger partial charge in [0.1, 0.15) is 11.6 Å². The number of carbonyl (C=O) groups excluding carboxylic acids is 2. The van der Waals surface area contributed by atoms with E-state index in [0.29, 0.717) is 19.4 Å². The van der Waals surface area contributed by atoms with Crippen LogP contribution >= 0.6 is 0 Å². The van der Waals surface area contributed by atoms with Gasteiger partial charge < -0.3 is 20.6 Å². The van der Waals surface area contributed by atoms with Crippen LogP contribution in [0.25, 0.3) is 0 Å². The smallest absolute Gasteiger partial charge is 0.326 e. The fourth-order valence-corrected chi connectivity index (χ4v) is 2.50. The summed E-state index contributed by atoms with van der Waals surface area (Å²) in [5, 5.41) is 14.9. The summed E-state index contributed by atoms with van der Waals surface area (Å²) in [6.07, 6.45) is 1.12. The van der Waals surface area contributed by atoms with Gasteiger partial charge in [-0.15, -0.1) is 0 Å². The zero-order valence-corrected chi connectivity index (χ0v) is 14.0. The Kier molecular flexibility index (Phi) is 5.93. The first kappa shape index (κ1) is 18.4. The van der Waals surface area contributed by atoms with Crippen LogP contribution in [-0.4, -0.2) is 59.0 Å². The molecule has 0 aromatic heterocycles. The van der Waals surface area contributed by atoms with E-state index >= 15 is 0 Å². The first-order valence-electron chi connectivity index (χ1n) is 7.68. The van der Waals surface area contributed by atoms with Crippen LogP contribution in [0.4, 0.5) is 0 Å². The number of rotatable bonds is 6. The Bertz CT molecular complexity index is 452. The Morgan fingerprint density at radius 3 is 2.32 bits per heavy atom. The molecular weight excluding hydrogens is 286 g/mol. The van der Waals surface area contributed by atoms with Crippen LogP contribution in [-0.2, 0) is 14.4 Å². The second-order valence-corrected chi connectivity index (χ2v) is 6.35. The number of likely N-dealkylation sites (tertiary alicyclic amines) is 1. The summed E-state index contributed by atoms with van der Waals surface area (Å²) in [5.74, 6) is -1.77. The van der Waals surface area contributed by atoms with Gasteiger partial charge in [0.2, 0.25) is 11.8 Å². The van der Waals surface area contributed by atoms with Crippen molar-refractivity contribution >= 4 is 17.8 Å². The van der Waals surface area contributed by atoms with E-state index in [1.165, 1.54) is 4.90 Å².